The van der Waals surface area contributed by atoms with Gasteiger partial charge in [0.25, 0.3) is 0 Å². The molecule has 0 radical (unpaired) electrons. The Morgan fingerprint density at radius 2 is 2.18 bits per heavy atom. The summed E-state index contributed by atoms with van der Waals surface area (Å²) >= 11 is 1.81. The van der Waals surface area contributed by atoms with E-state index in [0.29, 0.717) is 0 Å². The molecule has 0 atom stereocenters. The molecule has 0 aromatic carbocycles. The SMILES string of the molecule is CC.CCSc1cccnc1. The number of rotatable bonds is 2. The van der Waals surface area contributed by atoms with Gasteiger partial charge in [-0.1, -0.05) is 20.8 Å². The second kappa shape index (κ2) is 7.61. The smallest absolute Gasteiger partial charge is 0.0403 e. The number of hydrogen-bond acceptors (Lipinski definition) is 2. The monoisotopic (exact) mass is 169 g/mol. The maximum atomic E-state index is 3.98. The van der Waals surface area contributed by atoms with Gasteiger partial charge in [0.15, 0.2) is 0 Å². The molecule has 0 aliphatic heterocycles. The molecule has 0 saturated heterocycles. The molecular weight excluding hydrogens is 154 g/mol. The van der Waals surface area contributed by atoms with E-state index < -0.39 is 0 Å². The highest BCUT2D eigenvalue weighted by molar-refractivity contribution is 7.99. The second-order valence-electron chi connectivity index (χ2n) is 1.62. The normalized spacial score (nSPS) is 8.27. The number of hydrogen-bond donors (Lipinski definition) is 0. The Hall–Kier alpha value is -0.500. The summed E-state index contributed by atoms with van der Waals surface area (Å²) in [5.74, 6) is 1.12. The minimum Gasteiger partial charge on any atom is -0.264 e. The van der Waals surface area contributed by atoms with Crippen LogP contribution < -0.4 is 0 Å². The largest absolute Gasteiger partial charge is 0.264 e. The van der Waals surface area contributed by atoms with Crippen molar-refractivity contribution in [2.75, 3.05) is 5.75 Å². The summed E-state index contributed by atoms with van der Waals surface area (Å²) in [7, 11) is 0. The molecule has 1 heterocycles. The second-order valence-corrected chi connectivity index (χ2v) is 2.96. The van der Waals surface area contributed by atoms with Gasteiger partial charge in [-0.3, -0.25) is 4.98 Å². The van der Waals surface area contributed by atoms with Crippen LogP contribution in [0.1, 0.15) is 20.8 Å². The van der Waals surface area contributed by atoms with E-state index in [-0.39, 0.29) is 0 Å². The van der Waals surface area contributed by atoms with Crippen molar-refractivity contribution < 1.29 is 0 Å². The lowest BCUT2D eigenvalue weighted by Crippen LogP contribution is -1.72. The van der Waals surface area contributed by atoms with Gasteiger partial charge in [0.05, 0.1) is 0 Å². The Morgan fingerprint density at radius 1 is 1.45 bits per heavy atom. The van der Waals surface area contributed by atoms with Gasteiger partial charge in [0, 0.05) is 17.3 Å². The first-order valence-electron chi connectivity index (χ1n) is 3.96. The molecule has 0 spiro atoms. The van der Waals surface area contributed by atoms with E-state index in [0.717, 1.165) is 5.75 Å². The molecule has 62 valence electrons. The van der Waals surface area contributed by atoms with E-state index in [9.17, 15) is 0 Å². The van der Waals surface area contributed by atoms with Crippen molar-refractivity contribution in [3.05, 3.63) is 24.5 Å². The molecule has 1 aromatic heterocycles. The van der Waals surface area contributed by atoms with E-state index in [2.05, 4.69) is 18.0 Å². The average molecular weight is 169 g/mol. The molecule has 0 saturated carbocycles. The molecule has 0 aliphatic carbocycles. The molecule has 0 amide bonds. The minimum absolute atomic E-state index is 1.12. The van der Waals surface area contributed by atoms with Gasteiger partial charge in [0.2, 0.25) is 0 Å². The van der Waals surface area contributed by atoms with Crippen LogP contribution in [0.2, 0.25) is 0 Å². The predicted molar refractivity (Wildman–Crippen MR) is 52.0 cm³/mol. The van der Waals surface area contributed by atoms with Gasteiger partial charge in [-0.2, -0.15) is 0 Å². The molecule has 0 unspecified atom stereocenters. The molecule has 1 aromatic rings. The maximum Gasteiger partial charge on any atom is 0.0403 e. The van der Waals surface area contributed by atoms with Crippen molar-refractivity contribution in [1.82, 2.24) is 4.98 Å². The lowest BCUT2D eigenvalue weighted by Gasteiger charge is -1.92. The van der Waals surface area contributed by atoms with E-state index in [1.54, 1.807) is 6.20 Å². The van der Waals surface area contributed by atoms with Crippen LogP contribution in [0.4, 0.5) is 0 Å². The minimum atomic E-state index is 1.12. The first-order valence-corrected chi connectivity index (χ1v) is 4.95. The molecule has 2 heteroatoms. The lowest BCUT2D eigenvalue weighted by atomic mass is 10.5. The summed E-state index contributed by atoms with van der Waals surface area (Å²) in [4.78, 5) is 5.23. The highest BCUT2D eigenvalue weighted by Gasteiger charge is 1.85. The number of aromatic nitrogens is 1. The third kappa shape index (κ3) is 4.85. The lowest BCUT2D eigenvalue weighted by molar-refractivity contribution is 1.24. The zero-order chi connectivity index (χ0) is 8.53. The number of nitrogens with zero attached hydrogens (tertiary/aromatic N) is 1. The summed E-state index contributed by atoms with van der Waals surface area (Å²) in [6.07, 6.45) is 3.67. The van der Waals surface area contributed by atoms with Crippen molar-refractivity contribution >= 4 is 11.8 Å². The fourth-order valence-corrected chi connectivity index (χ4v) is 1.24. The summed E-state index contributed by atoms with van der Waals surface area (Å²) in [5.41, 5.74) is 0. The highest BCUT2D eigenvalue weighted by Crippen LogP contribution is 2.13. The van der Waals surface area contributed by atoms with Gasteiger partial charge >= 0.3 is 0 Å². The van der Waals surface area contributed by atoms with Crippen LogP contribution in [0.25, 0.3) is 0 Å². The van der Waals surface area contributed by atoms with Crippen LogP contribution in [0.5, 0.6) is 0 Å². The van der Waals surface area contributed by atoms with Crippen LogP contribution in [0.15, 0.2) is 29.4 Å². The van der Waals surface area contributed by atoms with E-state index in [1.807, 2.05) is 37.9 Å². The fourth-order valence-electron chi connectivity index (χ4n) is 0.599. The predicted octanol–water partition coefficient (Wildman–Crippen LogP) is 3.22. The van der Waals surface area contributed by atoms with Crippen molar-refractivity contribution in [2.45, 2.75) is 25.7 Å². The van der Waals surface area contributed by atoms with Crippen molar-refractivity contribution in [1.29, 1.82) is 0 Å². The van der Waals surface area contributed by atoms with E-state index >= 15 is 0 Å². The number of pyridine rings is 1. The molecular formula is C9H15NS. The molecule has 0 bridgehead atoms. The van der Waals surface area contributed by atoms with Gasteiger partial charge < -0.3 is 0 Å². The zero-order valence-corrected chi connectivity index (χ0v) is 8.19. The van der Waals surface area contributed by atoms with E-state index in [1.165, 1.54) is 4.90 Å². The summed E-state index contributed by atoms with van der Waals surface area (Å²) in [5, 5.41) is 0. The van der Waals surface area contributed by atoms with Crippen LogP contribution in [-0.2, 0) is 0 Å². The summed E-state index contributed by atoms with van der Waals surface area (Å²) < 4.78 is 0. The van der Waals surface area contributed by atoms with Crippen molar-refractivity contribution in [2.24, 2.45) is 0 Å². The number of thioether (sulfide) groups is 1. The van der Waals surface area contributed by atoms with Gasteiger partial charge in [0.1, 0.15) is 0 Å². The van der Waals surface area contributed by atoms with Crippen LogP contribution in [0, 0.1) is 0 Å². The third-order valence-electron chi connectivity index (χ3n) is 0.945. The third-order valence-corrected chi connectivity index (χ3v) is 1.81. The first kappa shape index (κ1) is 10.5. The van der Waals surface area contributed by atoms with E-state index in [4.69, 9.17) is 0 Å². The van der Waals surface area contributed by atoms with Gasteiger partial charge in [-0.25, -0.2) is 0 Å². The van der Waals surface area contributed by atoms with Crippen LogP contribution >= 0.6 is 11.8 Å². The Bertz CT molecular complexity index is 162. The average Bonchev–Trinajstić information content (AvgIpc) is 2.11. The zero-order valence-electron chi connectivity index (χ0n) is 7.37. The first-order chi connectivity index (χ1) is 5.43. The van der Waals surface area contributed by atoms with Crippen molar-refractivity contribution in [3.8, 4) is 0 Å². The Kier molecular flexibility index (Phi) is 7.26. The quantitative estimate of drug-likeness (QED) is 0.630. The fraction of sp³-hybridized carbons (Fsp3) is 0.444. The van der Waals surface area contributed by atoms with Crippen LogP contribution in [-0.4, -0.2) is 10.7 Å². The standard InChI is InChI=1S/C7H9NS.C2H6/c1-2-9-7-4-3-5-8-6-7;1-2/h3-6H,2H2,1H3;1-2H3. The van der Waals surface area contributed by atoms with Gasteiger partial charge in [-0.05, 0) is 17.9 Å². The molecule has 0 aliphatic rings. The topological polar surface area (TPSA) is 12.9 Å². The Labute approximate surface area is 73.2 Å². The highest BCUT2D eigenvalue weighted by atomic mass is 32.2. The summed E-state index contributed by atoms with van der Waals surface area (Å²) in [6, 6.07) is 4.03. The Morgan fingerprint density at radius 3 is 2.64 bits per heavy atom. The molecule has 1 rings (SSSR count). The molecule has 0 fully saturated rings. The van der Waals surface area contributed by atoms with Crippen LogP contribution in [0.3, 0.4) is 0 Å². The molecule has 1 nitrogen and oxygen atoms in total. The summed E-state index contributed by atoms with van der Waals surface area (Å²) in [6.45, 7) is 6.14. The van der Waals surface area contributed by atoms with Gasteiger partial charge in [-0.15, -0.1) is 11.8 Å². The maximum absolute atomic E-state index is 3.98. The molecule has 11 heavy (non-hydrogen) atoms. The van der Waals surface area contributed by atoms with Crippen molar-refractivity contribution in [3.63, 3.8) is 0 Å². The Balaban J connectivity index is 0.000000461. The molecule has 0 N–H and O–H groups in total.